The van der Waals surface area contributed by atoms with E-state index in [4.69, 9.17) is 14.2 Å². The van der Waals surface area contributed by atoms with Crippen LogP contribution in [0, 0.1) is 0 Å². The van der Waals surface area contributed by atoms with Gasteiger partial charge < -0.3 is 14.2 Å². The average molecular weight is 921 g/mol. The quantitative estimate of drug-likeness (QED) is 0.0262. The summed E-state index contributed by atoms with van der Waals surface area (Å²) in [4.78, 5) is 38.0. The highest BCUT2D eigenvalue weighted by Crippen LogP contribution is 2.12. The standard InChI is InChI=1S/C61H92O6/c1-4-7-10-13-16-19-22-25-27-29-31-33-36-39-42-45-48-51-54-60(63)66-57-58(56-65-59(62)53-50-47-44-41-38-35-24-21-18-15-12-9-6-3)67-61(64)55-52-49-46-43-40-37-34-32-30-28-26-23-20-17-14-11-8-5-2/h9,12,15-35,38,41,44,58H,4-8,10-11,13-14,36-37,39-40,42-43,45-57H2,1-3H3/b12-9-,18-15-,19-16-,20-17-,24-21-,25-22-,26-23-,29-27-,30-28-,33-31-,34-32-,38-35-,44-41-. The molecule has 372 valence electrons. The molecular formula is C61H92O6. The Kier molecular flexibility index (Phi) is 49.7. The molecule has 0 rings (SSSR count). The van der Waals surface area contributed by atoms with Gasteiger partial charge in [-0.2, -0.15) is 0 Å². The lowest BCUT2D eigenvalue weighted by Gasteiger charge is -2.18. The van der Waals surface area contributed by atoms with Gasteiger partial charge in [0.2, 0.25) is 0 Å². The third-order valence-electron chi connectivity index (χ3n) is 10.3. The first-order chi connectivity index (χ1) is 33.0. The lowest BCUT2D eigenvalue weighted by Crippen LogP contribution is -2.30. The molecule has 0 saturated carbocycles. The molecule has 0 radical (unpaired) electrons. The van der Waals surface area contributed by atoms with Crippen LogP contribution in [0.15, 0.2) is 158 Å². The number of carbonyl (C=O) groups excluding carboxylic acids is 3. The zero-order chi connectivity index (χ0) is 48.6. The summed E-state index contributed by atoms with van der Waals surface area (Å²) < 4.78 is 16.7. The van der Waals surface area contributed by atoms with Crippen molar-refractivity contribution in [3.05, 3.63) is 158 Å². The summed E-state index contributed by atoms with van der Waals surface area (Å²) in [6.45, 7) is 6.28. The number of carbonyl (C=O) groups is 3. The summed E-state index contributed by atoms with van der Waals surface area (Å²) in [5.41, 5.74) is 0. The maximum atomic E-state index is 12.8. The van der Waals surface area contributed by atoms with Gasteiger partial charge in [-0.05, 0) is 83.5 Å². The van der Waals surface area contributed by atoms with Crippen molar-refractivity contribution < 1.29 is 28.6 Å². The van der Waals surface area contributed by atoms with E-state index >= 15 is 0 Å². The molecule has 0 aromatic heterocycles. The van der Waals surface area contributed by atoms with Crippen LogP contribution in [0.4, 0.5) is 0 Å². The molecule has 0 aliphatic carbocycles. The molecular weight excluding hydrogens is 829 g/mol. The Morgan fingerprint density at radius 2 is 0.597 bits per heavy atom. The fraction of sp³-hybridized carbons (Fsp3) is 0.525. The van der Waals surface area contributed by atoms with Crippen LogP contribution in [0.25, 0.3) is 0 Å². The minimum Gasteiger partial charge on any atom is -0.462 e. The summed E-state index contributed by atoms with van der Waals surface area (Å²) >= 11 is 0. The average Bonchev–Trinajstić information content (AvgIpc) is 3.33. The topological polar surface area (TPSA) is 78.9 Å². The van der Waals surface area contributed by atoms with Crippen molar-refractivity contribution in [2.45, 2.75) is 194 Å². The van der Waals surface area contributed by atoms with E-state index < -0.39 is 6.10 Å². The van der Waals surface area contributed by atoms with Crippen molar-refractivity contribution in [1.29, 1.82) is 0 Å². The number of esters is 3. The molecule has 6 heteroatoms. The Morgan fingerprint density at radius 3 is 0.970 bits per heavy atom. The highest BCUT2D eigenvalue weighted by Gasteiger charge is 2.19. The molecule has 0 aliphatic rings. The van der Waals surface area contributed by atoms with Crippen molar-refractivity contribution in [3.8, 4) is 0 Å². The molecule has 0 spiro atoms. The van der Waals surface area contributed by atoms with E-state index in [2.05, 4.69) is 124 Å². The smallest absolute Gasteiger partial charge is 0.306 e. The largest absolute Gasteiger partial charge is 0.462 e. The van der Waals surface area contributed by atoms with Crippen LogP contribution in [0.2, 0.25) is 0 Å². The molecule has 1 atom stereocenters. The minimum absolute atomic E-state index is 0.131. The normalized spacial score (nSPS) is 13.4. The van der Waals surface area contributed by atoms with Gasteiger partial charge in [-0.1, -0.05) is 243 Å². The molecule has 0 bridgehead atoms. The van der Waals surface area contributed by atoms with Crippen LogP contribution in [0.5, 0.6) is 0 Å². The molecule has 0 aromatic carbocycles. The van der Waals surface area contributed by atoms with E-state index in [9.17, 15) is 14.4 Å². The first kappa shape index (κ1) is 62.0. The van der Waals surface area contributed by atoms with Crippen LogP contribution in [-0.2, 0) is 28.6 Å². The van der Waals surface area contributed by atoms with Gasteiger partial charge in [-0.15, -0.1) is 0 Å². The Balaban J connectivity index is 4.62. The Bertz CT molecular complexity index is 1570. The van der Waals surface area contributed by atoms with Crippen LogP contribution < -0.4 is 0 Å². The van der Waals surface area contributed by atoms with Gasteiger partial charge >= 0.3 is 17.9 Å². The first-order valence-corrected chi connectivity index (χ1v) is 26.2. The molecule has 0 N–H and O–H groups in total. The first-order valence-electron chi connectivity index (χ1n) is 26.2. The van der Waals surface area contributed by atoms with Crippen molar-refractivity contribution in [3.63, 3.8) is 0 Å². The fourth-order valence-corrected chi connectivity index (χ4v) is 6.38. The number of hydrogen-bond donors (Lipinski definition) is 0. The van der Waals surface area contributed by atoms with Crippen molar-refractivity contribution >= 4 is 17.9 Å². The predicted octanol–water partition coefficient (Wildman–Crippen LogP) is 17.4. The van der Waals surface area contributed by atoms with E-state index in [-0.39, 0.29) is 44.0 Å². The van der Waals surface area contributed by atoms with Gasteiger partial charge in [-0.3, -0.25) is 14.4 Å². The zero-order valence-corrected chi connectivity index (χ0v) is 42.3. The maximum Gasteiger partial charge on any atom is 0.306 e. The highest BCUT2D eigenvalue weighted by molar-refractivity contribution is 5.71. The molecule has 0 heterocycles. The molecule has 0 amide bonds. The van der Waals surface area contributed by atoms with Crippen LogP contribution in [0.1, 0.15) is 188 Å². The monoisotopic (exact) mass is 921 g/mol. The minimum atomic E-state index is -0.838. The van der Waals surface area contributed by atoms with E-state index in [0.29, 0.717) is 12.8 Å². The molecule has 0 saturated heterocycles. The molecule has 0 aliphatic heterocycles. The lowest BCUT2D eigenvalue weighted by molar-refractivity contribution is -0.167. The second-order valence-electron chi connectivity index (χ2n) is 16.6. The molecule has 67 heavy (non-hydrogen) atoms. The predicted molar refractivity (Wildman–Crippen MR) is 288 cm³/mol. The number of ether oxygens (including phenoxy) is 3. The summed E-state index contributed by atoms with van der Waals surface area (Å²) in [6.07, 6.45) is 77.9. The molecule has 0 aromatic rings. The third-order valence-corrected chi connectivity index (χ3v) is 10.3. The van der Waals surface area contributed by atoms with E-state index in [0.717, 1.165) is 103 Å². The number of unbranched alkanes of at least 4 members (excludes halogenated alkanes) is 17. The SMILES string of the molecule is CC\C=C/C=C\C=C/C=C\C=C/CCCC(=O)OCC(COC(=O)CCCCCCC\C=C/C=C\C=C/C=C\CCCCC)OC(=O)CCCCCCC\C=C/C=C\C=C/C=C\CCCCC. The Hall–Kier alpha value is -4.97. The van der Waals surface area contributed by atoms with Crippen molar-refractivity contribution in [1.82, 2.24) is 0 Å². The third kappa shape index (κ3) is 51.9. The van der Waals surface area contributed by atoms with Crippen LogP contribution >= 0.6 is 0 Å². The van der Waals surface area contributed by atoms with Crippen molar-refractivity contribution in [2.75, 3.05) is 13.2 Å². The molecule has 0 fully saturated rings. The second-order valence-corrected chi connectivity index (χ2v) is 16.6. The number of hydrogen-bond acceptors (Lipinski definition) is 6. The molecule has 1 unspecified atom stereocenters. The summed E-state index contributed by atoms with van der Waals surface area (Å²) in [7, 11) is 0. The summed E-state index contributed by atoms with van der Waals surface area (Å²) in [5.74, 6) is -1.06. The van der Waals surface area contributed by atoms with Crippen molar-refractivity contribution in [2.24, 2.45) is 0 Å². The summed E-state index contributed by atoms with van der Waals surface area (Å²) in [5, 5.41) is 0. The Morgan fingerprint density at radius 1 is 0.313 bits per heavy atom. The number of allylic oxidation sites excluding steroid dienone is 26. The number of rotatable bonds is 44. The highest BCUT2D eigenvalue weighted by atomic mass is 16.6. The van der Waals surface area contributed by atoms with E-state index in [1.54, 1.807) is 0 Å². The van der Waals surface area contributed by atoms with Gasteiger partial charge in [0.25, 0.3) is 0 Å². The zero-order valence-electron chi connectivity index (χ0n) is 42.3. The van der Waals surface area contributed by atoms with Gasteiger partial charge in [0, 0.05) is 19.3 Å². The second kappa shape index (κ2) is 53.6. The van der Waals surface area contributed by atoms with Gasteiger partial charge in [0.15, 0.2) is 6.10 Å². The molecule has 6 nitrogen and oxygen atoms in total. The summed E-state index contributed by atoms with van der Waals surface area (Å²) in [6, 6.07) is 0. The van der Waals surface area contributed by atoms with Crippen LogP contribution in [0.3, 0.4) is 0 Å². The van der Waals surface area contributed by atoms with Gasteiger partial charge in [-0.25, -0.2) is 0 Å². The maximum absolute atomic E-state index is 12.8. The lowest BCUT2D eigenvalue weighted by atomic mass is 10.1. The van der Waals surface area contributed by atoms with E-state index in [1.807, 2.05) is 54.7 Å². The van der Waals surface area contributed by atoms with Crippen LogP contribution in [-0.4, -0.2) is 37.2 Å². The Labute approximate surface area is 409 Å². The van der Waals surface area contributed by atoms with Gasteiger partial charge in [0.1, 0.15) is 13.2 Å². The fourth-order valence-electron chi connectivity index (χ4n) is 6.38. The van der Waals surface area contributed by atoms with Gasteiger partial charge in [0.05, 0.1) is 0 Å². The van der Waals surface area contributed by atoms with E-state index in [1.165, 1.54) is 38.5 Å².